The number of nitrogens with zero attached hydrogens (tertiary/aromatic N) is 1. The highest BCUT2D eigenvalue weighted by atomic mass is 32.2. The van der Waals surface area contributed by atoms with Crippen LogP contribution in [0.15, 0.2) is 18.2 Å². The number of methoxy groups -OCH3 is 1. The summed E-state index contributed by atoms with van der Waals surface area (Å²) in [7, 11) is 1.59. The highest BCUT2D eigenvalue weighted by molar-refractivity contribution is 7.99. The van der Waals surface area contributed by atoms with Gasteiger partial charge in [0, 0.05) is 17.8 Å². The zero-order chi connectivity index (χ0) is 13.7. The lowest BCUT2D eigenvalue weighted by molar-refractivity contribution is 0.413. The van der Waals surface area contributed by atoms with Gasteiger partial charge in [-0.15, -0.1) is 0 Å². The molecular weight excluding hydrogens is 256 g/mol. The van der Waals surface area contributed by atoms with E-state index in [9.17, 15) is 0 Å². The SMILES string of the molecule is COc1ccc(CNC2CCCC2SC)cc1C#N. The third-order valence-electron chi connectivity index (χ3n) is 3.71. The van der Waals surface area contributed by atoms with Gasteiger partial charge in [-0.05, 0) is 36.8 Å². The van der Waals surface area contributed by atoms with E-state index < -0.39 is 0 Å². The Morgan fingerprint density at radius 3 is 3.00 bits per heavy atom. The summed E-state index contributed by atoms with van der Waals surface area (Å²) in [6.07, 6.45) is 6.07. The molecule has 102 valence electrons. The van der Waals surface area contributed by atoms with Crippen LogP contribution in [0.1, 0.15) is 30.4 Å². The molecule has 1 N–H and O–H groups in total. The van der Waals surface area contributed by atoms with Crippen LogP contribution in [-0.4, -0.2) is 24.7 Å². The lowest BCUT2D eigenvalue weighted by Crippen LogP contribution is -2.33. The van der Waals surface area contributed by atoms with Gasteiger partial charge >= 0.3 is 0 Å². The normalized spacial score (nSPS) is 22.2. The van der Waals surface area contributed by atoms with E-state index in [1.165, 1.54) is 19.3 Å². The fraction of sp³-hybridized carbons (Fsp3) is 0.533. The molecule has 0 heterocycles. The van der Waals surface area contributed by atoms with E-state index in [1.54, 1.807) is 7.11 Å². The van der Waals surface area contributed by atoms with Crippen LogP contribution in [-0.2, 0) is 6.54 Å². The van der Waals surface area contributed by atoms with Crippen molar-refractivity contribution in [3.63, 3.8) is 0 Å². The largest absolute Gasteiger partial charge is 0.495 e. The van der Waals surface area contributed by atoms with Crippen molar-refractivity contribution in [3.05, 3.63) is 29.3 Å². The highest BCUT2D eigenvalue weighted by Crippen LogP contribution is 2.28. The number of hydrogen-bond donors (Lipinski definition) is 1. The minimum Gasteiger partial charge on any atom is -0.495 e. The van der Waals surface area contributed by atoms with E-state index in [0.717, 1.165) is 17.4 Å². The minimum atomic E-state index is 0.600. The molecule has 1 aliphatic carbocycles. The monoisotopic (exact) mass is 276 g/mol. The molecule has 0 aromatic heterocycles. The van der Waals surface area contributed by atoms with Crippen LogP contribution < -0.4 is 10.1 Å². The first-order valence-electron chi connectivity index (χ1n) is 6.61. The Kier molecular flexibility index (Phi) is 5.12. The van der Waals surface area contributed by atoms with E-state index in [0.29, 0.717) is 17.4 Å². The Bertz CT molecular complexity index is 470. The minimum absolute atomic E-state index is 0.600. The van der Waals surface area contributed by atoms with Crippen molar-refractivity contribution in [1.82, 2.24) is 5.32 Å². The lowest BCUT2D eigenvalue weighted by Gasteiger charge is -2.19. The maximum atomic E-state index is 9.08. The van der Waals surface area contributed by atoms with Gasteiger partial charge in [-0.3, -0.25) is 0 Å². The molecule has 19 heavy (non-hydrogen) atoms. The molecule has 1 aromatic carbocycles. The van der Waals surface area contributed by atoms with Crippen molar-refractivity contribution in [2.24, 2.45) is 0 Å². The number of ether oxygens (including phenoxy) is 1. The Balaban J connectivity index is 1.98. The van der Waals surface area contributed by atoms with Crippen LogP contribution in [0.4, 0.5) is 0 Å². The second kappa shape index (κ2) is 6.83. The molecule has 1 aromatic rings. The van der Waals surface area contributed by atoms with Gasteiger partial charge in [-0.1, -0.05) is 12.5 Å². The molecule has 3 nitrogen and oxygen atoms in total. The molecule has 1 saturated carbocycles. The molecule has 2 atom stereocenters. The van der Waals surface area contributed by atoms with Gasteiger partial charge in [0.05, 0.1) is 12.7 Å². The molecule has 0 radical (unpaired) electrons. The van der Waals surface area contributed by atoms with Gasteiger partial charge in [-0.2, -0.15) is 17.0 Å². The number of thioether (sulfide) groups is 1. The van der Waals surface area contributed by atoms with Crippen molar-refractivity contribution in [2.75, 3.05) is 13.4 Å². The van der Waals surface area contributed by atoms with E-state index >= 15 is 0 Å². The Labute approximate surface area is 119 Å². The average Bonchev–Trinajstić information content (AvgIpc) is 2.92. The van der Waals surface area contributed by atoms with Crippen molar-refractivity contribution in [3.8, 4) is 11.8 Å². The Morgan fingerprint density at radius 2 is 2.32 bits per heavy atom. The Hall–Kier alpha value is -1.18. The smallest absolute Gasteiger partial charge is 0.136 e. The molecule has 0 saturated heterocycles. The predicted molar refractivity (Wildman–Crippen MR) is 79.5 cm³/mol. The molecular formula is C15H20N2OS. The van der Waals surface area contributed by atoms with Gasteiger partial charge < -0.3 is 10.1 Å². The lowest BCUT2D eigenvalue weighted by atomic mass is 10.1. The number of benzene rings is 1. The van der Waals surface area contributed by atoms with Crippen molar-refractivity contribution in [1.29, 1.82) is 5.26 Å². The molecule has 2 rings (SSSR count). The number of rotatable bonds is 5. The van der Waals surface area contributed by atoms with Crippen LogP contribution in [0.25, 0.3) is 0 Å². The molecule has 4 heteroatoms. The quantitative estimate of drug-likeness (QED) is 0.898. The fourth-order valence-corrected chi connectivity index (χ4v) is 3.61. The van der Waals surface area contributed by atoms with E-state index in [-0.39, 0.29) is 0 Å². The van der Waals surface area contributed by atoms with E-state index in [2.05, 4.69) is 17.6 Å². The van der Waals surface area contributed by atoms with Crippen LogP contribution in [0, 0.1) is 11.3 Å². The highest BCUT2D eigenvalue weighted by Gasteiger charge is 2.25. The van der Waals surface area contributed by atoms with Gasteiger partial charge in [-0.25, -0.2) is 0 Å². The molecule has 1 aliphatic rings. The summed E-state index contributed by atoms with van der Waals surface area (Å²) < 4.78 is 5.16. The first kappa shape index (κ1) is 14.2. The van der Waals surface area contributed by atoms with Crippen LogP contribution in [0.2, 0.25) is 0 Å². The zero-order valence-electron chi connectivity index (χ0n) is 11.5. The first-order chi connectivity index (χ1) is 9.28. The summed E-state index contributed by atoms with van der Waals surface area (Å²) >= 11 is 1.95. The van der Waals surface area contributed by atoms with E-state index in [4.69, 9.17) is 10.00 Å². The van der Waals surface area contributed by atoms with Crippen molar-refractivity contribution >= 4 is 11.8 Å². The second-order valence-electron chi connectivity index (χ2n) is 4.84. The molecule has 0 amide bonds. The average molecular weight is 276 g/mol. The summed E-state index contributed by atoms with van der Waals surface area (Å²) in [5, 5.41) is 13.4. The standard InChI is InChI=1S/C15H20N2OS/c1-18-14-7-6-11(8-12(14)9-16)10-17-13-4-3-5-15(13)19-2/h6-8,13,15,17H,3-5,10H2,1-2H3. The van der Waals surface area contributed by atoms with Gasteiger partial charge in [0.1, 0.15) is 11.8 Å². The summed E-state index contributed by atoms with van der Waals surface area (Å²) in [4.78, 5) is 0. The van der Waals surface area contributed by atoms with Gasteiger partial charge in [0.2, 0.25) is 0 Å². The third kappa shape index (κ3) is 3.43. The van der Waals surface area contributed by atoms with E-state index in [1.807, 2.05) is 30.0 Å². The van der Waals surface area contributed by atoms with Crippen LogP contribution in [0.3, 0.4) is 0 Å². The summed E-state index contributed by atoms with van der Waals surface area (Å²) in [6, 6.07) is 8.58. The summed E-state index contributed by atoms with van der Waals surface area (Å²) in [6.45, 7) is 0.820. The first-order valence-corrected chi connectivity index (χ1v) is 7.90. The van der Waals surface area contributed by atoms with Crippen LogP contribution in [0.5, 0.6) is 5.75 Å². The van der Waals surface area contributed by atoms with Gasteiger partial charge in [0.15, 0.2) is 0 Å². The number of nitrogens with one attached hydrogen (secondary N) is 1. The topological polar surface area (TPSA) is 45.0 Å². The van der Waals surface area contributed by atoms with Gasteiger partial charge in [0.25, 0.3) is 0 Å². The number of nitriles is 1. The summed E-state index contributed by atoms with van der Waals surface area (Å²) in [5.41, 5.74) is 1.75. The van der Waals surface area contributed by atoms with Crippen LogP contribution >= 0.6 is 11.8 Å². The maximum Gasteiger partial charge on any atom is 0.136 e. The molecule has 0 spiro atoms. The predicted octanol–water partition coefficient (Wildman–Crippen LogP) is 2.94. The summed E-state index contributed by atoms with van der Waals surface area (Å²) in [5.74, 6) is 0.647. The number of hydrogen-bond acceptors (Lipinski definition) is 4. The molecule has 2 unspecified atom stereocenters. The zero-order valence-corrected chi connectivity index (χ0v) is 12.3. The van der Waals surface area contributed by atoms with Crippen molar-refractivity contribution < 1.29 is 4.74 Å². The second-order valence-corrected chi connectivity index (χ2v) is 5.92. The Morgan fingerprint density at radius 1 is 1.47 bits per heavy atom. The third-order valence-corrected chi connectivity index (χ3v) is 4.88. The fourth-order valence-electron chi connectivity index (χ4n) is 2.64. The molecule has 0 aliphatic heterocycles. The molecule has 0 bridgehead atoms. The van der Waals surface area contributed by atoms with Crippen molar-refractivity contribution in [2.45, 2.75) is 37.1 Å². The molecule has 1 fully saturated rings. The maximum absolute atomic E-state index is 9.08.